The Bertz CT molecular complexity index is 648. The zero-order chi connectivity index (χ0) is 15.4. The van der Waals surface area contributed by atoms with E-state index in [9.17, 15) is 4.79 Å². The minimum Gasteiger partial charge on any atom is -0.497 e. The summed E-state index contributed by atoms with van der Waals surface area (Å²) in [5.74, 6) is 1.21. The molecule has 0 radical (unpaired) electrons. The third-order valence-corrected chi connectivity index (χ3v) is 3.59. The van der Waals surface area contributed by atoms with Crippen LogP contribution in [0.15, 0.2) is 42.9 Å². The molecule has 1 aliphatic heterocycles. The van der Waals surface area contributed by atoms with E-state index in [-0.39, 0.29) is 12.0 Å². The number of benzene rings is 1. The molecule has 6 heteroatoms. The molecule has 2 aromatic rings. The summed E-state index contributed by atoms with van der Waals surface area (Å²) < 4.78 is 10.9. The van der Waals surface area contributed by atoms with Crippen LogP contribution in [0.25, 0.3) is 0 Å². The first-order chi connectivity index (χ1) is 10.8. The van der Waals surface area contributed by atoms with Crippen LogP contribution in [0.3, 0.4) is 0 Å². The number of amides is 1. The molecule has 0 saturated carbocycles. The predicted molar refractivity (Wildman–Crippen MR) is 80.0 cm³/mol. The maximum Gasteiger partial charge on any atom is 0.254 e. The van der Waals surface area contributed by atoms with Crippen molar-refractivity contribution in [2.45, 2.75) is 12.5 Å². The number of hydrogen-bond donors (Lipinski definition) is 0. The maximum absolute atomic E-state index is 12.5. The van der Waals surface area contributed by atoms with Gasteiger partial charge in [-0.3, -0.25) is 4.79 Å². The molecule has 2 heterocycles. The highest BCUT2D eigenvalue weighted by molar-refractivity contribution is 5.94. The lowest BCUT2D eigenvalue weighted by Crippen LogP contribution is -2.31. The molecule has 1 aromatic carbocycles. The van der Waals surface area contributed by atoms with Gasteiger partial charge in [-0.05, 0) is 18.2 Å². The molecule has 0 spiro atoms. The fourth-order valence-electron chi connectivity index (χ4n) is 2.47. The molecule has 6 nitrogen and oxygen atoms in total. The molecular formula is C16H17N3O3. The number of rotatable bonds is 4. The Morgan fingerprint density at radius 1 is 1.36 bits per heavy atom. The van der Waals surface area contributed by atoms with Gasteiger partial charge >= 0.3 is 0 Å². The normalized spacial score (nSPS) is 17.3. The van der Waals surface area contributed by atoms with Crippen molar-refractivity contribution in [1.82, 2.24) is 14.9 Å². The van der Waals surface area contributed by atoms with Crippen LogP contribution in [0.1, 0.15) is 16.8 Å². The quantitative estimate of drug-likeness (QED) is 0.861. The zero-order valence-corrected chi connectivity index (χ0v) is 12.3. The highest BCUT2D eigenvalue weighted by Crippen LogP contribution is 2.20. The number of carbonyl (C=O) groups excluding carboxylic acids is 1. The third kappa shape index (κ3) is 3.16. The summed E-state index contributed by atoms with van der Waals surface area (Å²) in [6.07, 6.45) is 3.84. The molecule has 1 amide bonds. The monoisotopic (exact) mass is 299 g/mol. The van der Waals surface area contributed by atoms with Crippen LogP contribution in [0, 0.1) is 0 Å². The molecule has 1 aliphatic rings. The Morgan fingerprint density at radius 3 is 3.05 bits per heavy atom. The van der Waals surface area contributed by atoms with Crippen molar-refractivity contribution in [3.63, 3.8) is 0 Å². The fraction of sp³-hybridized carbons (Fsp3) is 0.312. The minimum atomic E-state index is -0.0375. The van der Waals surface area contributed by atoms with Gasteiger partial charge < -0.3 is 14.4 Å². The van der Waals surface area contributed by atoms with Crippen LogP contribution >= 0.6 is 0 Å². The zero-order valence-electron chi connectivity index (χ0n) is 12.3. The van der Waals surface area contributed by atoms with E-state index in [1.54, 1.807) is 36.4 Å². The van der Waals surface area contributed by atoms with Crippen LogP contribution in [-0.4, -0.2) is 47.1 Å². The van der Waals surface area contributed by atoms with Crippen LogP contribution in [-0.2, 0) is 0 Å². The van der Waals surface area contributed by atoms with E-state index in [1.807, 2.05) is 12.1 Å². The lowest BCUT2D eigenvalue weighted by molar-refractivity contribution is 0.0771. The molecule has 1 atom stereocenters. The Balaban J connectivity index is 1.63. The first-order valence-electron chi connectivity index (χ1n) is 7.12. The molecule has 0 bridgehead atoms. The Kier molecular flexibility index (Phi) is 4.18. The number of ether oxygens (including phenoxy) is 2. The van der Waals surface area contributed by atoms with E-state index in [2.05, 4.69) is 9.97 Å². The topological polar surface area (TPSA) is 64.5 Å². The second-order valence-corrected chi connectivity index (χ2v) is 5.06. The van der Waals surface area contributed by atoms with Gasteiger partial charge in [-0.15, -0.1) is 0 Å². The Morgan fingerprint density at radius 2 is 2.27 bits per heavy atom. The molecule has 1 aromatic heterocycles. The summed E-state index contributed by atoms with van der Waals surface area (Å²) in [4.78, 5) is 22.2. The van der Waals surface area contributed by atoms with Gasteiger partial charge in [0, 0.05) is 30.8 Å². The molecule has 1 fully saturated rings. The molecule has 0 unspecified atom stereocenters. The summed E-state index contributed by atoms with van der Waals surface area (Å²) >= 11 is 0. The average molecular weight is 299 g/mol. The Hall–Kier alpha value is -2.63. The lowest BCUT2D eigenvalue weighted by atomic mass is 10.2. The maximum atomic E-state index is 12.5. The van der Waals surface area contributed by atoms with E-state index >= 15 is 0 Å². The van der Waals surface area contributed by atoms with Crippen molar-refractivity contribution in [3.8, 4) is 11.6 Å². The van der Waals surface area contributed by atoms with Crippen molar-refractivity contribution in [2.75, 3.05) is 20.2 Å². The smallest absolute Gasteiger partial charge is 0.254 e. The van der Waals surface area contributed by atoms with E-state index in [4.69, 9.17) is 9.47 Å². The van der Waals surface area contributed by atoms with E-state index in [0.717, 1.165) is 6.42 Å². The van der Waals surface area contributed by atoms with Crippen molar-refractivity contribution in [2.24, 2.45) is 0 Å². The number of likely N-dealkylation sites (tertiary alicyclic amines) is 1. The van der Waals surface area contributed by atoms with Gasteiger partial charge in [0.2, 0.25) is 5.88 Å². The number of aromatic nitrogens is 2. The molecule has 0 aliphatic carbocycles. The Labute approximate surface area is 128 Å². The molecular weight excluding hydrogens is 282 g/mol. The summed E-state index contributed by atoms with van der Waals surface area (Å²) in [7, 11) is 1.59. The van der Waals surface area contributed by atoms with Gasteiger partial charge in [0.05, 0.1) is 13.7 Å². The number of carbonyl (C=O) groups is 1. The van der Waals surface area contributed by atoms with Gasteiger partial charge in [-0.25, -0.2) is 9.97 Å². The second-order valence-electron chi connectivity index (χ2n) is 5.06. The van der Waals surface area contributed by atoms with Crippen molar-refractivity contribution >= 4 is 5.91 Å². The van der Waals surface area contributed by atoms with E-state index < -0.39 is 0 Å². The summed E-state index contributed by atoms with van der Waals surface area (Å²) in [6.45, 7) is 1.23. The number of hydrogen-bond acceptors (Lipinski definition) is 5. The second kappa shape index (κ2) is 6.43. The van der Waals surface area contributed by atoms with Gasteiger partial charge in [0.1, 0.15) is 18.2 Å². The first-order valence-corrected chi connectivity index (χ1v) is 7.12. The highest BCUT2D eigenvalue weighted by Gasteiger charge is 2.28. The predicted octanol–water partition coefficient (Wildman–Crippen LogP) is 1.78. The SMILES string of the molecule is COc1cccc(C(=O)N2CC[C@H](Oc3ccncn3)C2)c1. The van der Waals surface area contributed by atoms with Crippen LogP contribution in [0.5, 0.6) is 11.6 Å². The molecule has 0 N–H and O–H groups in total. The summed E-state index contributed by atoms with van der Waals surface area (Å²) in [6, 6.07) is 8.90. The number of methoxy groups -OCH3 is 1. The molecule has 3 rings (SSSR count). The van der Waals surface area contributed by atoms with Crippen molar-refractivity contribution in [1.29, 1.82) is 0 Å². The van der Waals surface area contributed by atoms with Gasteiger partial charge in [-0.2, -0.15) is 0 Å². The van der Waals surface area contributed by atoms with Gasteiger partial charge in [0.15, 0.2) is 0 Å². The van der Waals surface area contributed by atoms with Crippen molar-refractivity contribution < 1.29 is 14.3 Å². The van der Waals surface area contributed by atoms with Crippen LogP contribution in [0.4, 0.5) is 0 Å². The minimum absolute atomic E-state index is 0.00677. The van der Waals surface area contributed by atoms with Gasteiger partial charge in [0.25, 0.3) is 5.91 Å². The van der Waals surface area contributed by atoms with Gasteiger partial charge in [-0.1, -0.05) is 6.07 Å². The highest BCUT2D eigenvalue weighted by atomic mass is 16.5. The summed E-state index contributed by atoms with van der Waals surface area (Å²) in [5.41, 5.74) is 0.627. The third-order valence-electron chi connectivity index (χ3n) is 3.59. The van der Waals surface area contributed by atoms with E-state index in [0.29, 0.717) is 30.3 Å². The average Bonchev–Trinajstić information content (AvgIpc) is 3.03. The standard InChI is InChI=1S/C16H17N3O3/c1-21-13-4-2-3-12(9-13)16(20)19-8-6-14(10-19)22-15-5-7-17-11-18-15/h2-5,7,9,11,14H,6,8,10H2,1H3/t14-/m0/s1. The molecule has 114 valence electrons. The van der Waals surface area contributed by atoms with Crippen molar-refractivity contribution in [3.05, 3.63) is 48.4 Å². The van der Waals surface area contributed by atoms with Crippen LogP contribution < -0.4 is 9.47 Å². The number of nitrogens with zero attached hydrogens (tertiary/aromatic N) is 3. The van der Waals surface area contributed by atoms with E-state index in [1.165, 1.54) is 6.33 Å². The largest absolute Gasteiger partial charge is 0.497 e. The fourth-order valence-corrected chi connectivity index (χ4v) is 2.47. The lowest BCUT2D eigenvalue weighted by Gasteiger charge is -2.17. The first kappa shape index (κ1) is 14.3. The molecule has 1 saturated heterocycles. The molecule has 22 heavy (non-hydrogen) atoms. The summed E-state index contributed by atoms with van der Waals surface area (Å²) in [5, 5.41) is 0. The van der Waals surface area contributed by atoms with Crippen LogP contribution in [0.2, 0.25) is 0 Å².